The molecule has 11 heavy (non-hydrogen) atoms. The lowest BCUT2D eigenvalue weighted by Crippen LogP contribution is -2.42. The summed E-state index contributed by atoms with van der Waals surface area (Å²) in [7, 11) is 1.91. The van der Waals surface area contributed by atoms with Crippen LogP contribution in [0.25, 0.3) is 0 Å². The third-order valence-electron chi connectivity index (χ3n) is 2.03. The average Bonchev–Trinajstić information content (AvgIpc) is 2.13. The first-order valence-electron chi connectivity index (χ1n) is 3.84. The Kier molecular flexibility index (Phi) is 2.84. The van der Waals surface area contributed by atoms with Gasteiger partial charge in [0.05, 0.1) is 6.04 Å². The van der Waals surface area contributed by atoms with Gasteiger partial charge in [-0.25, -0.2) is 5.32 Å². The van der Waals surface area contributed by atoms with Crippen molar-refractivity contribution in [3.63, 3.8) is 0 Å². The van der Waals surface area contributed by atoms with Gasteiger partial charge < -0.3 is 5.73 Å². The molecule has 1 unspecified atom stereocenters. The van der Waals surface area contributed by atoms with Crippen molar-refractivity contribution in [2.24, 2.45) is 5.73 Å². The van der Waals surface area contributed by atoms with Crippen LogP contribution in [0, 0.1) is 0 Å². The summed E-state index contributed by atoms with van der Waals surface area (Å²) >= 11 is 0. The van der Waals surface area contributed by atoms with Crippen molar-refractivity contribution in [2.75, 3.05) is 26.7 Å². The Bertz CT molecular complexity index is 149. The number of hydrogen-bond donors (Lipinski definition) is 1. The van der Waals surface area contributed by atoms with Gasteiger partial charge >= 0.3 is 0 Å². The fraction of sp³-hybridized carbons (Fsp3) is 0.857. The number of nitrogens with zero attached hydrogens (tertiary/aromatic N) is 2. The minimum absolute atomic E-state index is 0.110. The minimum atomic E-state index is -0.232. The van der Waals surface area contributed by atoms with Crippen LogP contribution in [-0.4, -0.2) is 43.5 Å². The predicted molar refractivity (Wildman–Crippen MR) is 42.1 cm³/mol. The second-order valence-electron chi connectivity index (χ2n) is 2.86. The predicted octanol–water partition coefficient (Wildman–Crippen LogP) is -1.22. The van der Waals surface area contributed by atoms with Crippen molar-refractivity contribution < 1.29 is 4.79 Å². The Hall–Kier alpha value is -0.610. The van der Waals surface area contributed by atoms with Crippen LogP contribution in [0.1, 0.15) is 6.42 Å². The number of rotatable bonds is 1. The lowest BCUT2D eigenvalue weighted by atomic mass is 10.2. The summed E-state index contributed by atoms with van der Waals surface area (Å²) in [4.78, 5) is 12.8. The van der Waals surface area contributed by atoms with E-state index in [1.54, 1.807) is 0 Å². The Morgan fingerprint density at radius 1 is 1.64 bits per heavy atom. The van der Waals surface area contributed by atoms with Gasteiger partial charge in [0.25, 0.3) is 0 Å². The monoisotopic (exact) mass is 156 g/mol. The Balaban J connectivity index is 2.52. The number of carbonyl (C=O) groups excluding carboxylic acids is 1. The fourth-order valence-corrected chi connectivity index (χ4v) is 1.29. The van der Waals surface area contributed by atoms with Crippen molar-refractivity contribution in [1.29, 1.82) is 0 Å². The van der Waals surface area contributed by atoms with Crippen molar-refractivity contribution in [3.8, 4) is 0 Å². The van der Waals surface area contributed by atoms with Gasteiger partial charge in [0.15, 0.2) is 0 Å². The van der Waals surface area contributed by atoms with Gasteiger partial charge in [0.1, 0.15) is 0 Å². The second-order valence-corrected chi connectivity index (χ2v) is 2.86. The molecule has 1 atom stereocenters. The zero-order valence-corrected chi connectivity index (χ0v) is 6.79. The van der Waals surface area contributed by atoms with E-state index in [1.807, 2.05) is 11.9 Å². The van der Waals surface area contributed by atoms with Gasteiger partial charge in [-0.05, 0) is 13.5 Å². The molecule has 0 aliphatic carbocycles. The summed E-state index contributed by atoms with van der Waals surface area (Å²) < 4.78 is 0. The summed E-state index contributed by atoms with van der Waals surface area (Å²) in [6.45, 7) is 2.42. The standard InChI is InChI=1S/C7H14N3O/c1-10-5-4-9-3-2-6(10)7(8)11/h6H,2-5H2,1H3,(H2,8,11). The normalized spacial score (nSPS) is 27.9. The highest BCUT2D eigenvalue weighted by molar-refractivity contribution is 5.79. The number of likely N-dealkylation sites (N-methyl/N-ethyl adjacent to an activating group) is 1. The van der Waals surface area contributed by atoms with E-state index in [0.717, 1.165) is 26.1 Å². The molecule has 0 saturated carbocycles. The third-order valence-corrected chi connectivity index (χ3v) is 2.03. The van der Waals surface area contributed by atoms with Crippen LogP contribution < -0.4 is 11.1 Å². The van der Waals surface area contributed by atoms with E-state index >= 15 is 0 Å². The molecular formula is C7H14N3O. The Labute approximate surface area is 66.7 Å². The van der Waals surface area contributed by atoms with E-state index in [9.17, 15) is 4.79 Å². The van der Waals surface area contributed by atoms with Crippen LogP contribution in [0.2, 0.25) is 0 Å². The summed E-state index contributed by atoms with van der Waals surface area (Å²) in [5.74, 6) is -0.232. The lowest BCUT2D eigenvalue weighted by Gasteiger charge is -2.21. The Morgan fingerprint density at radius 2 is 2.36 bits per heavy atom. The lowest BCUT2D eigenvalue weighted by molar-refractivity contribution is -0.122. The molecule has 1 radical (unpaired) electrons. The third kappa shape index (κ3) is 2.17. The molecule has 1 rings (SSSR count). The molecule has 1 fully saturated rings. The van der Waals surface area contributed by atoms with Crippen molar-refractivity contribution >= 4 is 5.91 Å². The average molecular weight is 156 g/mol. The molecule has 4 heteroatoms. The van der Waals surface area contributed by atoms with Gasteiger partial charge in [-0.1, -0.05) is 0 Å². The molecule has 4 nitrogen and oxygen atoms in total. The molecule has 1 aliphatic heterocycles. The van der Waals surface area contributed by atoms with Gasteiger partial charge in [-0.2, -0.15) is 0 Å². The van der Waals surface area contributed by atoms with Crippen molar-refractivity contribution in [1.82, 2.24) is 10.2 Å². The summed E-state index contributed by atoms with van der Waals surface area (Å²) in [5.41, 5.74) is 5.20. The molecular weight excluding hydrogens is 142 g/mol. The van der Waals surface area contributed by atoms with Crippen molar-refractivity contribution in [3.05, 3.63) is 0 Å². The number of amides is 1. The highest BCUT2D eigenvalue weighted by atomic mass is 16.1. The number of primary amides is 1. The maximum absolute atomic E-state index is 10.9. The highest BCUT2D eigenvalue weighted by Gasteiger charge is 2.21. The van der Waals surface area contributed by atoms with Crippen LogP contribution in [0.5, 0.6) is 0 Å². The quantitative estimate of drug-likeness (QED) is 0.517. The maximum atomic E-state index is 10.9. The number of hydrogen-bond acceptors (Lipinski definition) is 2. The molecule has 0 aromatic rings. The molecule has 63 valence electrons. The largest absolute Gasteiger partial charge is 0.368 e. The zero-order valence-electron chi connectivity index (χ0n) is 6.79. The molecule has 1 saturated heterocycles. The van der Waals surface area contributed by atoms with Gasteiger partial charge in [-0.15, -0.1) is 0 Å². The van der Waals surface area contributed by atoms with E-state index in [-0.39, 0.29) is 11.9 Å². The van der Waals surface area contributed by atoms with E-state index in [4.69, 9.17) is 5.73 Å². The van der Waals surface area contributed by atoms with Gasteiger partial charge in [0, 0.05) is 19.6 Å². The maximum Gasteiger partial charge on any atom is 0.234 e. The molecule has 0 aromatic carbocycles. The molecule has 1 aliphatic rings. The van der Waals surface area contributed by atoms with E-state index < -0.39 is 0 Å². The molecule has 0 bridgehead atoms. The molecule has 0 spiro atoms. The van der Waals surface area contributed by atoms with E-state index in [2.05, 4.69) is 5.32 Å². The summed E-state index contributed by atoms with van der Waals surface area (Å²) in [5, 5.41) is 4.20. The van der Waals surface area contributed by atoms with E-state index in [1.165, 1.54) is 0 Å². The SMILES string of the molecule is CN1CC[N]CCC1C(N)=O. The van der Waals surface area contributed by atoms with Gasteiger partial charge in [-0.3, -0.25) is 9.69 Å². The molecule has 1 amide bonds. The summed E-state index contributed by atoms with van der Waals surface area (Å²) in [6.07, 6.45) is 0.770. The number of nitrogens with two attached hydrogens (primary N) is 1. The first-order valence-corrected chi connectivity index (χ1v) is 3.84. The minimum Gasteiger partial charge on any atom is -0.368 e. The molecule has 2 N–H and O–H groups in total. The second kappa shape index (κ2) is 3.69. The Morgan fingerprint density at radius 3 is 3.00 bits per heavy atom. The number of carbonyl (C=O) groups is 1. The first kappa shape index (κ1) is 8.49. The van der Waals surface area contributed by atoms with Crippen LogP contribution in [0.3, 0.4) is 0 Å². The highest BCUT2D eigenvalue weighted by Crippen LogP contribution is 2.03. The molecule has 1 heterocycles. The fourth-order valence-electron chi connectivity index (χ4n) is 1.29. The summed E-state index contributed by atoms with van der Waals surface area (Å²) in [6, 6.07) is -0.110. The van der Waals surface area contributed by atoms with Gasteiger partial charge in [0.2, 0.25) is 5.91 Å². The van der Waals surface area contributed by atoms with E-state index in [0.29, 0.717) is 0 Å². The first-order chi connectivity index (χ1) is 5.22. The van der Waals surface area contributed by atoms with Crippen LogP contribution in [0.4, 0.5) is 0 Å². The van der Waals surface area contributed by atoms with Crippen LogP contribution in [-0.2, 0) is 4.79 Å². The van der Waals surface area contributed by atoms with Crippen LogP contribution >= 0.6 is 0 Å². The molecule has 0 aromatic heterocycles. The zero-order chi connectivity index (χ0) is 8.27. The smallest absolute Gasteiger partial charge is 0.234 e. The van der Waals surface area contributed by atoms with Crippen LogP contribution in [0.15, 0.2) is 0 Å². The van der Waals surface area contributed by atoms with Crippen molar-refractivity contribution in [2.45, 2.75) is 12.5 Å². The topological polar surface area (TPSA) is 60.4 Å².